The third-order valence-electron chi connectivity index (χ3n) is 6.07. The van der Waals surface area contributed by atoms with E-state index >= 15 is 0 Å². The summed E-state index contributed by atoms with van der Waals surface area (Å²) >= 11 is 0. The number of aromatic nitrogens is 2. The maximum atomic E-state index is 13.3. The van der Waals surface area contributed by atoms with Crippen molar-refractivity contribution in [3.05, 3.63) is 71.4 Å². The number of benzene rings is 2. The molecule has 2 amide bonds. The highest BCUT2D eigenvalue weighted by Crippen LogP contribution is 2.27. The van der Waals surface area contributed by atoms with Crippen LogP contribution in [-0.2, 0) is 10.2 Å². The lowest BCUT2D eigenvalue weighted by Crippen LogP contribution is -2.38. The fraction of sp³-hybridized carbons (Fsp3) is 0.433. The minimum absolute atomic E-state index is 0.0504. The molecule has 198 valence electrons. The highest BCUT2D eigenvalue weighted by atomic mass is 16.5. The molecule has 0 saturated heterocycles. The Hall–Kier alpha value is -3.61. The Bertz CT molecular complexity index is 1190. The normalized spacial score (nSPS) is 11.3. The van der Waals surface area contributed by atoms with Gasteiger partial charge in [0, 0.05) is 23.6 Å². The molecule has 7 heteroatoms. The number of amides is 2. The van der Waals surface area contributed by atoms with E-state index < -0.39 is 0 Å². The van der Waals surface area contributed by atoms with Gasteiger partial charge in [-0.1, -0.05) is 59.2 Å². The SMILES string of the molecule is CCCCOc1ccc(C(=O)N(CCC)CC(=O)Nc2cc(C(C)(C)C)nn2-c2ccccc2C)cc1. The van der Waals surface area contributed by atoms with Gasteiger partial charge in [0.1, 0.15) is 18.1 Å². The molecule has 37 heavy (non-hydrogen) atoms. The lowest BCUT2D eigenvalue weighted by Gasteiger charge is -2.22. The molecule has 0 spiro atoms. The van der Waals surface area contributed by atoms with Crippen LogP contribution >= 0.6 is 0 Å². The number of rotatable bonds is 11. The van der Waals surface area contributed by atoms with Crippen molar-refractivity contribution in [2.45, 2.75) is 66.2 Å². The number of nitrogens with zero attached hydrogens (tertiary/aromatic N) is 3. The minimum atomic E-state index is -0.267. The fourth-order valence-corrected chi connectivity index (χ4v) is 3.91. The third-order valence-corrected chi connectivity index (χ3v) is 6.07. The van der Waals surface area contributed by atoms with E-state index in [0.29, 0.717) is 24.5 Å². The van der Waals surface area contributed by atoms with Gasteiger partial charge >= 0.3 is 0 Å². The standard InChI is InChI=1S/C30H40N4O3/c1-7-9-19-37-24-16-14-23(15-17-24)29(36)33(18-8-2)21-28(35)31-27-20-26(30(4,5)6)32-34(27)25-13-11-10-12-22(25)3/h10-17,20H,7-9,18-19,21H2,1-6H3,(H,31,35). The van der Waals surface area contributed by atoms with Crippen LogP contribution in [0.2, 0.25) is 0 Å². The Morgan fingerprint density at radius 1 is 1.03 bits per heavy atom. The zero-order valence-electron chi connectivity index (χ0n) is 23.0. The lowest BCUT2D eigenvalue weighted by atomic mass is 9.92. The van der Waals surface area contributed by atoms with Gasteiger partial charge in [-0.25, -0.2) is 4.68 Å². The summed E-state index contributed by atoms with van der Waals surface area (Å²) in [5, 5.41) is 7.82. The van der Waals surface area contributed by atoms with Gasteiger partial charge in [-0.05, 0) is 55.7 Å². The number of hydrogen-bond donors (Lipinski definition) is 1. The van der Waals surface area contributed by atoms with Gasteiger partial charge in [-0.2, -0.15) is 5.10 Å². The van der Waals surface area contributed by atoms with E-state index in [-0.39, 0.29) is 23.8 Å². The van der Waals surface area contributed by atoms with E-state index in [2.05, 4.69) is 33.0 Å². The van der Waals surface area contributed by atoms with Gasteiger partial charge in [-0.15, -0.1) is 0 Å². The molecule has 3 aromatic rings. The number of ether oxygens (including phenoxy) is 1. The predicted molar refractivity (Wildman–Crippen MR) is 149 cm³/mol. The fourth-order valence-electron chi connectivity index (χ4n) is 3.91. The minimum Gasteiger partial charge on any atom is -0.494 e. The van der Waals surface area contributed by atoms with Crippen molar-refractivity contribution < 1.29 is 14.3 Å². The summed E-state index contributed by atoms with van der Waals surface area (Å²) in [5.41, 5.74) is 3.16. The zero-order chi connectivity index (χ0) is 27.0. The molecule has 0 aliphatic carbocycles. The molecular formula is C30H40N4O3. The Labute approximate surface area is 220 Å². The van der Waals surface area contributed by atoms with Gasteiger partial charge in [0.05, 0.1) is 18.0 Å². The van der Waals surface area contributed by atoms with Crippen molar-refractivity contribution >= 4 is 17.6 Å². The number of para-hydroxylation sites is 1. The molecule has 0 aliphatic heterocycles. The number of carbonyl (C=O) groups is 2. The van der Waals surface area contributed by atoms with Crippen LogP contribution in [0.25, 0.3) is 5.69 Å². The third kappa shape index (κ3) is 7.44. The first-order valence-electron chi connectivity index (χ1n) is 13.1. The smallest absolute Gasteiger partial charge is 0.254 e. The van der Waals surface area contributed by atoms with E-state index in [4.69, 9.17) is 9.84 Å². The first-order chi connectivity index (χ1) is 17.6. The Morgan fingerprint density at radius 3 is 2.35 bits per heavy atom. The monoisotopic (exact) mass is 504 g/mol. The van der Waals surface area contributed by atoms with E-state index in [1.165, 1.54) is 0 Å². The molecule has 1 aromatic heterocycles. The lowest BCUT2D eigenvalue weighted by molar-refractivity contribution is -0.116. The average molecular weight is 505 g/mol. The first-order valence-corrected chi connectivity index (χ1v) is 13.1. The second kappa shape index (κ2) is 12.6. The number of unbranched alkanes of at least 4 members (excludes halogenated alkanes) is 1. The molecule has 0 saturated carbocycles. The Balaban J connectivity index is 1.78. The van der Waals surface area contributed by atoms with Crippen molar-refractivity contribution in [1.82, 2.24) is 14.7 Å². The van der Waals surface area contributed by atoms with Gasteiger partial charge in [0.25, 0.3) is 5.91 Å². The molecule has 3 rings (SSSR count). The Morgan fingerprint density at radius 2 is 1.73 bits per heavy atom. The van der Waals surface area contributed by atoms with Gasteiger partial charge in [-0.3, -0.25) is 9.59 Å². The van der Waals surface area contributed by atoms with Crippen molar-refractivity contribution in [1.29, 1.82) is 0 Å². The Kier molecular flexibility index (Phi) is 9.50. The maximum absolute atomic E-state index is 13.3. The van der Waals surface area contributed by atoms with Crippen LogP contribution in [-0.4, -0.2) is 46.2 Å². The molecule has 0 radical (unpaired) electrons. The molecule has 0 atom stereocenters. The van der Waals surface area contributed by atoms with Crippen LogP contribution in [0, 0.1) is 6.92 Å². The van der Waals surface area contributed by atoms with E-state index in [9.17, 15) is 9.59 Å². The number of carbonyl (C=O) groups excluding carboxylic acids is 2. The van der Waals surface area contributed by atoms with Crippen molar-refractivity contribution in [3.8, 4) is 11.4 Å². The second-order valence-electron chi connectivity index (χ2n) is 10.4. The molecule has 1 heterocycles. The summed E-state index contributed by atoms with van der Waals surface area (Å²) in [6.45, 7) is 13.5. The average Bonchev–Trinajstić information content (AvgIpc) is 3.28. The van der Waals surface area contributed by atoms with E-state index in [1.54, 1.807) is 21.7 Å². The first kappa shape index (κ1) is 28.0. The molecule has 0 bridgehead atoms. The van der Waals surface area contributed by atoms with E-state index in [0.717, 1.165) is 42.0 Å². The summed E-state index contributed by atoms with van der Waals surface area (Å²) in [4.78, 5) is 28.0. The maximum Gasteiger partial charge on any atom is 0.254 e. The molecule has 1 N–H and O–H groups in total. The second-order valence-corrected chi connectivity index (χ2v) is 10.4. The number of nitrogens with one attached hydrogen (secondary N) is 1. The highest BCUT2D eigenvalue weighted by molar-refractivity contribution is 5.99. The quantitative estimate of drug-likeness (QED) is 0.318. The number of anilines is 1. The van der Waals surface area contributed by atoms with Gasteiger partial charge in [0.15, 0.2) is 0 Å². The molecular weight excluding hydrogens is 464 g/mol. The summed E-state index contributed by atoms with van der Waals surface area (Å²) in [5.74, 6) is 0.877. The number of aryl methyl sites for hydroxylation is 1. The zero-order valence-corrected chi connectivity index (χ0v) is 23.0. The predicted octanol–water partition coefficient (Wildman–Crippen LogP) is 6.15. The molecule has 0 unspecified atom stereocenters. The number of hydrogen-bond acceptors (Lipinski definition) is 4. The van der Waals surface area contributed by atoms with Crippen LogP contribution in [0.15, 0.2) is 54.6 Å². The molecule has 2 aromatic carbocycles. The summed E-state index contributed by atoms with van der Waals surface area (Å²) in [7, 11) is 0. The molecule has 0 aliphatic rings. The summed E-state index contributed by atoms with van der Waals surface area (Å²) < 4.78 is 7.48. The van der Waals surface area contributed by atoms with Crippen LogP contribution in [0.1, 0.15) is 75.5 Å². The van der Waals surface area contributed by atoms with Crippen LogP contribution in [0.5, 0.6) is 5.75 Å². The van der Waals surface area contributed by atoms with Crippen LogP contribution in [0.4, 0.5) is 5.82 Å². The van der Waals surface area contributed by atoms with Gasteiger partial charge in [0.2, 0.25) is 5.91 Å². The van der Waals surface area contributed by atoms with E-state index in [1.807, 2.05) is 56.3 Å². The van der Waals surface area contributed by atoms with Crippen molar-refractivity contribution in [3.63, 3.8) is 0 Å². The summed E-state index contributed by atoms with van der Waals surface area (Å²) in [6.07, 6.45) is 2.79. The molecule has 7 nitrogen and oxygen atoms in total. The molecule has 0 fully saturated rings. The van der Waals surface area contributed by atoms with Gasteiger partial charge < -0.3 is 15.0 Å². The summed E-state index contributed by atoms with van der Waals surface area (Å²) in [6, 6.07) is 17.0. The van der Waals surface area contributed by atoms with Crippen molar-refractivity contribution in [2.75, 3.05) is 25.0 Å². The topological polar surface area (TPSA) is 76.5 Å². The van der Waals surface area contributed by atoms with Crippen LogP contribution in [0.3, 0.4) is 0 Å². The van der Waals surface area contributed by atoms with Crippen LogP contribution < -0.4 is 10.1 Å². The highest BCUT2D eigenvalue weighted by Gasteiger charge is 2.24. The van der Waals surface area contributed by atoms with Crippen molar-refractivity contribution in [2.24, 2.45) is 0 Å². The largest absolute Gasteiger partial charge is 0.494 e.